The summed E-state index contributed by atoms with van der Waals surface area (Å²) < 4.78 is 0. The van der Waals surface area contributed by atoms with Gasteiger partial charge in [-0.3, -0.25) is 0 Å². The van der Waals surface area contributed by atoms with Crippen molar-refractivity contribution >= 4 is 5.97 Å². The van der Waals surface area contributed by atoms with E-state index in [1.807, 2.05) is 12.1 Å². The molecule has 1 fully saturated rings. The van der Waals surface area contributed by atoms with E-state index in [0.717, 1.165) is 24.6 Å². The predicted octanol–water partition coefficient (Wildman–Crippen LogP) is 2.98. The lowest BCUT2D eigenvalue weighted by Crippen LogP contribution is -2.43. The van der Waals surface area contributed by atoms with Crippen LogP contribution in [0.25, 0.3) is 0 Å². The molecule has 4 heteroatoms. The molecular formula is C18H28N2O2. The minimum absolute atomic E-state index is 0.345. The van der Waals surface area contributed by atoms with Gasteiger partial charge in [0.25, 0.3) is 0 Å². The molecule has 22 heavy (non-hydrogen) atoms. The second-order valence-electron chi connectivity index (χ2n) is 6.56. The Bertz CT molecular complexity index is 464. The van der Waals surface area contributed by atoms with Crippen molar-refractivity contribution in [3.63, 3.8) is 0 Å². The van der Waals surface area contributed by atoms with Gasteiger partial charge >= 0.3 is 5.97 Å². The Morgan fingerprint density at radius 1 is 1.23 bits per heavy atom. The van der Waals surface area contributed by atoms with Crippen molar-refractivity contribution in [3.05, 3.63) is 35.4 Å². The molecule has 0 bridgehead atoms. The number of benzene rings is 1. The van der Waals surface area contributed by atoms with E-state index < -0.39 is 5.97 Å². The van der Waals surface area contributed by atoms with E-state index in [2.05, 4.69) is 24.3 Å². The SMILES string of the molecule is CN(C)C(CNCc1ccc(C(=O)O)cc1)C1CCCCC1. The monoisotopic (exact) mass is 304 g/mol. The highest BCUT2D eigenvalue weighted by molar-refractivity contribution is 5.87. The predicted molar refractivity (Wildman–Crippen MR) is 89.2 cm³/mol. The molecule has 122 valence electrons. The van der Waals surface area contributed by atoms with Crippen LogP contribution >= 0.6 is 0 Å². The second-order valence-corrected chi connectivity index (χ2v) is 6.56. The van der Waals surface area contributed by atoms with Gasteiger partial charge in [-0.2, -0.15) is 0 Å². The van der Waals surface area contributed by atoms with E-state index in [-0.39, 0.29) is 0 Å². The lowest BCUT2D eigenvalue weighted by Gasteiger charge is -2.35. The Balaban J connectivity index is 1.83. The van der Waals surface area contributed by atoms with E-state index in [4.69, 9.17) is 5.11 Å². The minimum Gasteiger partial charge on any atom is -0.478 e. The molecule has 4 nitrogen and oxygen atoms in total. The van der Waals surface area contributed by atoms with Crippen LogP contribution in [0.5, 0.6) is 0 Å². The highest BCUT2D eigenvalue weighted by Gasteiger charge is 2.24. The number of likely N-dealkylation sites (N-methyl/N-ethyl adjacent to an activating group) is 1. The van der Waals surface area contributed by atoms with Gasteiger partial charge in [-0.25, -0.2) is 4.79 Å². The number of carboxylic acids is 1. The smallest absolute Gasteiger partial charge is 0.335 e. The molecule has 0 amide bonds. The largest absolute Gasteiger partial charge is 0.478 e. The first-order valence-corrected chi connectivity index (χ1v) is 8.27. The Labute approximate surface area is 133 Å². The molecule has 1 atom stereocenters. The molecular weight excluding hydrogens is 276 g/mol. The van der Waals surface area contributed by atoms with Crippen molar-refractivity contribution in [3.8, 4) is 0 Å². The van der Waals surface area contributed by atoms with Crippen LogP contribution in [0.15, 0.2) is 24.3 Å². The zero-order chi connectivity index (χ0) is 15.9. The summed E-state index contributed by atoms with van der Waals surface area (Å²) in [4.78, 5) is 13.2. The topological polar surface area (TPSA) is 52.6 Å². The van der Waals surface area contributed by atoms with Crippen molar-refractivity contribution in [2.24, 2.45) is 5.92 Å². The quantitative estimate of drug-likeness (QED) is 0.813. The van der Waals surface area contributed by atoms with Gasteiger partial charge in [-0.15, -0.1) is 0 Å². The van der Waals surface area contributed by atoms with Crippen LogP contribution in [0.3, 0.4) is 0 Å². The third kappa shape index (κ3) is 4.82. The molecule has 1 unspecified atom stereocenters. The van der Waals surface area contributed by atoms with Gasteiger partial charge in [0.15, 0.2) is 0 Å². The summed E-state index contributed by atoms with van der Waals surface area (Å²) in [5.74, 6) is -0.0740. The summed E-state index contributed by atoms with van der Waals surface area (Å²) in [5.41, 5.74) is 1.48. The van der Waals surface area contributed by atoms with Crippen molar-refractivity contribution in [1.29, 1.82) is 0 Å². The van der Waals surface area contributed by atoms with Crippen molar-refractivity contribution < 1.29 is 9.90 Å². The van der Waals surface area contributed by atoms with Gasteiger partial charge in [-0.1, -0.05) is 31.4 Å². The first-order chi connectivity index (χ1) is 10.6. The maximum atomic E-state index is 10.8. The molecule has 0 aromatic heterocycles. The molecule has 0 spiro atoms. The van der Waals surface area contributed by atoms with Crippen LogP contribution in [-0.4, -0.2) is 42.7 Å². The van der Waals surface area contributed by atoms with Crippen LogP contribution < -0.4 is 5.32 Å². The lowest BCUT2D eigenvalue weighted by molar-refractivity contribution is 0.0697. The van der Waals surface area contributed by atoms with Crippen molar-refractivity contribution in [2.45, 2.75) is 44.7 Å². The molecule has 2 N–H and O–H groups in total. The van der Waals surface area contributed by atoms with Crippen LogP contribution in [0.1, 0.15) is 48.0 Å². The number of hydrogen-bond acceptors (Lipinski definition) is 3. The molecule has 2 rings (SSSR count). The zero-order valence-corrected chi connectivity index (χ0v) is 13.7. The van der Waals surface area contributed by atoms with E-state index in [1.165, 1.54) is 32.1 Å². The third-order valence-corrected chi connectivity index (χ3v) is 4.74. The van der Waals surface area contributed by atoms with Crippen LogP contribution in [0.2, 0.25) is 0 Å². The Morgan fingerprint density at radius 2 is 1.86 bits per heavy atom. The fourth-order valence-electron chi connectivity index (χ4n) is 3.42. The summed E-state index contributed by atoms with van der Waals surface area (Å²) in [5, 5.41) is 12.4. The fraction of sp³-hybridized carbons (Fsp3) is 0.611. The van der Waals surface area contributed by atoms with Crippen LogP contribution in [0, 0.1) is 5.92 Å². The van der Waals surface area contributed by atoms with E-state index in [0.29, 0.717) is 11.6 Å². The highest BCUT2D eigenvalue weighted by atomic mass is 16.4. The summed E-state index contributed by atoms with van der Waals surface area (Å²) in [6.45, 7) is 1.77. The van der Waals surface area contributed by atoms with E-state index in [1.54, 1.807) is 12.1 Å². The summed E-state index contributed by atoms with van der Waals surface area (Å²) in [6.07, 6.45) is 6.81. The number of aromatic carboxylic acids is 1. The van der Waals surface area contributed by atoms with Gasteiger partial charge in [0.1, 0.15) is 0 Å². The molecule has 1 saturated carbocycles. The first-order valence-electron chi connectivity index (χ1n) is 8.27. The third-order valence-electron chi connectivity index (χ3n) is 4.74. The van der Waals surface area contributed by atoms with Gasteiger partial charge in [0, 0.05) is 19.1 Å². The van der Waals surface area contributed by atoms with Crippen LogP contribution in [-0.2, 0) is 6.54 Å². The molecule has 0 saturated heterocycles. The Hall–Kier alpha value is -1.39. The number of nitrogens with zero attached hydrogens (tertiary/aromatic N) is 1. The Morgan fingerprint density at radius 3 is 2.41 bits per heavy atom. The number of hydrogen-bond donors (Lipinski definition) is 2. The average Bonchev–Trinajstić information content (AvgIpc) is 2.52. The number of nitrogens with one attached hydrogen (secondary N) is 1. The summed E-state index contributed by atoms with van der Waals surface area (Å²) in [7, 11) is 4.34. The maximum absolute atomic E-state index is 10.8. The van der Waals surface area contributed by atoms with Gasteiger partial charge in [-0.05, 0) is 50.6 Å². The number of carbonyl (C=O) groups is 1. The maximum Gasteiger partial charge on any atom is 0.335 e. The first kappa shape index (κ1) is 17.0. The molecule has 0 heterocycles. The molecule has 1 aromatic rings. The van der Waals surface area contributed by atoms with Gasteiger partial charge in [0.05, 0.1) is 5.56 Å². The molecule has 1 aliphatic rings. The highest BCUT2D eigenvalue weighted by Crippen LogP contribution is 2.28. The summed E-state index contributed by atoms with van der Waals surface area (Å²) >= 11 is 0. The lowest BCUT2D eigenvalue weighted by atomic mass is 9.83. The standard InChI is InChI=1S/C18H28N2O2/c1-20(2)17(15-6-4-3-5-7-15)13-19-12-14-8-10-16(11-9-14)18(21)22/h8-11,15,17,19H,3-7,12-13H2,1-2H3,(H,21,22). The van der Waals surface area contributed by atoms with Gasteiger partial charge in [0.2, 0.25) is 0 Å². The van der Waals surface area contributed by atoms with E-state index in [9.17, 15) is 4.79 Å². The molecule has 0 radical (unpaired) electrons. The fourth-order valence-corrected chi connectivity index (χ4v) is 3.42. The Kier molecular flexibility index (Phi) is 6.40. The average molecular weight is 304 g/mol. The normalized spacial score (nSPS) is 17.6. The van der Waals surface area contributed by atoms with E-state index >= 15 is 0 Å². The van der Waals surface area contributed by atoms with Crippen molar-refractivity contribution in [2.75, 3.05) is 20.6 Å². The molecule has 0 aliphatic heterocycles. The van der Waals surface area contributed by atoms with Crippen LogP contribution in [0.4, 0.5) is 0 Å². The zero-order valence-electron chi connectivity index (χ0n) is 13.7. The number of rotatable bonds is 7. The van der Waals surface area contributed by atoms with Crippen molar-refractivity contribution in [1.82, 2.24) is 10.2 Å². The molecule has 1 aliphatic carbocycles. The summed E-state index contributed by atoms with van der Waals surface area (Å²) in [6, 6.07) is 7.70. The minimum atomic E-state index is -0.871. The van der Waals surface area contributed by atoms with Gasteiger partial charge < -0.3 is 15.3 Å². The number of carboxylic acid groups (broad SMARTS) is 1. The molecule has 1 aromatic carbocycles. The second kappa shape index (κ2) is 8.30.